The maximum atomic E-state index is 2.44. The van der Waals surface area contributed by atoms with Crippen LogP contribution in [0.25, 0.3) is 44.5 Å². The fourth-order valence-electron chi connectivity index (χ4n) is 7.63. The van der Waals surface area contributed by atoms with E-state index < -0.39 is 0 Å². The second kappa shape index (κ2) is 77.5. The van der Waals surface area contributed by atoms with Crippen molar-refractivity contribution in [2.45, 2.75) is 179 Å². The molecule has 0 saturated heterocycles. The predicted molar refractivity (Wildman–Crippen MR) is 318 cm³/mol. The average Bonchev–Trinajstić information content (AvgIpc) is 4.00. The van der Waals surface area contributed by atoms with Crippen molar-refractivity contribution in [1.29, 1.82) is 0 Å². The van der Waals surface area contributed by atoms with Gasteiger partial charge in [-0.05, 0) is 121 Å². The molecule has 0 nitrogen and oxygen atoms in total. The summed E-state index contributed by atoms with van der Waals surface area (Å²) in [6.07, 6.45) is 9.38. The van der Waals surface area contributed by atoms with Gasteiger partial charge in [-0.25, -0.2) is 0 Å². The molecule has 0 fully saturated rings. The second-order valence-electron chi connectivity index (χ2n) is 14.4. The Bertz CT molecular complexity index is 1970. The molecule has 0 aromatic heterocycles. The zero-order valence-corrected chi connectivity index (χ0v) is 75.4. The normalized spacial score (nSPS) is 8.26. The minimum atomic E-state index is 0. The Kier molecular flexibility index (Phi) is 134. The molecule has 0 aliphatic heterocycles. The SMILES string of the molecule is C.C.C.C.C.C.CC.CC.CCC.CCC.CCC.CCC.[CH3-].[CH3-].[CH3-].[CH3-].[Y].[Y].[Y].[Y].[Y].[Y].[Y].[Y].[Y].[Y].c1ccc2c(c1)Cc1c-2ccc2c1Cc1ccccc1-2.c1ccc2c(c1)Cc1cc3c(cc1-2)-c1ccccc1C3. The molecule has 0 atom stereocenters. The minimum absolute atomic E-state index is 0. The van der Waals surface area contributed by atoms with Crippen LogP contribution >= 0.6 is 0 Å². The molecule has 10 rings (SSSR count). The number of rotatable bonds is 0. The van der Waals surface area contributed by atoms with Gasteiger partial charge in [0.2, 0.25) is 0 Å². The molecule has 0 amide bonds. The maximum absolute atomic E-state index is 2.44. The van der Waals surface area contributed by atoms with Gasteiger partial charge in [-0.1, -0.05) is 269 Å². The third-order valence-electron chi connectivity index (χ3n) is 9.49. The van der Waals surface area contributed by atoms with Gasteiger partial charge < -0.3 is 29.7 Å². The average molecular weight is 1790 g/mol. The van der Waals surface area contributed by atoms with Crippen molar-refractivity contribution in [2.75, 3.05) is 0 Å². The van der Waals surface area contributed by atoms with Crippen molar-refractivity contribution in [3.8, 4) is 44.5 Å². The van der Waals surface area contributed by atoms with Gasteiger partial charge in [0.1, 0.15) is 0 Å². The summed E-state index contributed by atoms with van der Waals surface area (Å²) in [6.45, 7) is 25.0. The van der Waals surface area contributed by atoms with Gasteiger partial charge >= 0.3 is 0 Å². The van der Waals surface area contributed by atoms with Crippen LogP contribution in [0, 0.1) is 29.7 Å². The summed E-state index contributed by atoms with van der Waals surface area (Å²) in [6, 6.07) is 44.8. The van der Waals surface area contributed by atoms with Gasteiger partial charge in [-0.3, -0.25) is 0 Å². The molecule has 10 radical (unpaired) electrons. The predicted octanol–water partition coefficient (Wildman–Crippen LogP) is 23.0. The Labute approximate surface area is 731 Å². The fourth-order valence-corrected chi connectivity index (χ4v) is 7.63. The molecule has 0 saturated carbocycles. The topological polar surface area (TPSA) is 0 Å². The molecule has 76 heavy (non-hydrogen) atoms. The third-order valence-corrected chi connectivity index (χ3v) is 9.49. The van der Waals surface area contributed by atoms with Crippen LogP contribution in [0.15, 0.2) is 121 Å². The Morgan fingerprint density at radius 3 is 0.645 bits per heavy atom. The molecule has 0 spiro atoms. The Morgan fingerprint density at radius 2 is 0.421 bits per heavy atom. The molecule has 4 aliphatic rings. The smallest absolute Gasteiger partial charge is 0 e. The van der Waals surface area contributed by atoms with E-state index in [0.29, 0.717) is 0 Å². The van der Waals surface area contributed by atoms with Crippen LogP contribution in [0.5, 0.6) is 0 Å². The fraction of sp³-hybridized carbons (Fsp3) is 0.394. The van der Waals surface area contributed by atoms with E-state index in [-0.39, 0.29) is 401 Å². The monoisotopic (exact) mass is 1790 g/mol. The van der Waals surface area contributed by atoms with Crippen molar-refractivity contribution in [3.63, 3.8) is 0 Å². The van der Waals surface area contributed by atoms with E-state index in [1.807, 2.05) is 27.7 Å². The van der Waals surface area contributed by atoms with E-state index in [2.05, 4.69) is 177 Å². The van der Waals surface area contributed by atoms with E-state index >= 15 is 0 Å². The largest absolute Gasteiger partial charge is 0.358 e. The van der Waals surface area contributed by atoms with E-state index in [0.717, 1.165) is 25.7 Å². The zero-order valence-electron chi connectivity index (χ0n) is 47.0. The van der Waals surface area contributed by atoms with Crippen LogP contribution in [0.2, 0.25) is 0 Å². The summed E-state index contributed by atoms with van der Waals surface area (Å²) in [5.74, 6) is 0. The molecule has 0 bridgehead atoms. The molecule has 0 unspecified atom stereocenters. The van der Waals surface area contributed by atoms with Gasteiger partial charge in [0.15, 0.2) is 0 Å². The summed E-state index contributed by atoms with van der Waals surface area (Å²) in [7, 11) is 0. The van der Waals surface area contributed by atoms with Crippen LogP contribution < -0.4 is 0 Å². The van der Waals surface area contributed by atoms with E-state index in [1.54, 1.807) is 11.1 Å². The molecule has 10 heteroatoms. The summed E-state index contributed by atoms with van der Waals surface area (Å²) in [5, 5.41) is 0. The van der Waals surface area contributed by atoms with Gasteiger partial charge in [0.25, 0.3) is 0 Å². The van der Waals surface area contributed by atoms with Gasteiger partial charge in [-0.15, -0.1) is 0 Å². The first-order chi connectivity index (χ1) is 27.5. The van der Waals surface area contributed by atoms with Gasteiger partial charge in [-0.2, -0.15) is 0 Å². The molecule has 6 aromatic carbocycles. The standard InChI is InChI=1S/2C20H14.4C3H8.2C2H6.6CH4.4CH3.10Y/c1-3-7-17-13(5-1)9-15-11-16-10-14-6-2-4-8-18(14)20(16)12-19(15)17;1-3-7-15-13(5-1)11-19-17(15)9-10-18-16-8-4-2-6-14(16)12-20(18)19;4*1-3-2;2*1-2;;;;;;;;;;;;;;;;;;;;/h1-8,11-12H,9-10H2;1-10H,11-12H2;4*3H2,1-2H3;2*1-2H3;6*1H4;4*1H3;;;;;;;;;;/q;;;;;;;;;;;;;;4*-1;;;;;;;;;;. The van der Waals surface area contributed by atoms with Crippen LogP contribution in [-0.2, 0) is 353 Å². The Hall–Kier alpha value is 6.36. The molecular formula is C66H108Y10-4. The Morgan fingerprint density at radius 1 is 0.237 bits per heavy atom. The van der Waals surface area contributed by atoms with E-state index in [9.17, 15) is 0 Å². The third kappa shape index (κ3) is 38.0. The molecule has 6 aromatic rings. The molecule has 406 valence electrons. The van der Waals surface area contributed by atoms with Crippen LogP contribution in [0.4, 0.5) is 0 Å². The quantitative estimate of drug-likeness (QED) is 0.133. The van der Waals surface area contributed by atoms with Gasteiger partial charge in [0.05, 0.1) is 0 Å². The number of fused-ring (bicyclic) bond motifs is 13. The number of hydrogen-bond donors (Lipinski definition) is 0. The summed E-state index contributed by atoms with van der Waals surface area (Å²) < 4.78 is 0. The molecule has 4 aliphatic carbocycles. The van der Waals surface area contributed by atoms with Crippen molar-refractivity contribution in [1.82, 2.24) is 0 Å². The summed E-state index contributed by atoms with van der Waals surface area (Å²) in [4.78, 5) is 0. The molecular weight excluding hydrogens is 1680 g/mol. The van der Waals surface area contributed by atoms with Crippen LogP contribution in [0.3, 0.4) is 0 Å². The molecule has 0 heterocycles. The van der Waals surface area contributed by atoms with E-state index in [1.165, 1.54) is 104 Å². The first-order valence-corrected chi connectivity index (χ1v) is 22.1. The van der Waals surface area contributed by atoms with Crippen molar-refractivity contribution in [3.05, 3.63) is 196 Å². The maximum Gasteiger partial charge on any atom is 0 e. The second-order valence-corrected chi connectivity index (χ2v) is 14.4. The van der Waals surface area contributed by atoms with Crippen LogP contribution in [-0.4, -0.2) is 0 Å². The first kappa shape index (κ1) is 132. The van der Waals surface area contributed by atoms with E-state index in [4.69, 9.17) is 0 Å². The first-order valence-electron chi connectivity index (χ1n) is 22.1. The number of benzene rings is 6. The number of hydrogen-bond acceptors (Lipinski definition) is 0. The molecule has 0 N–H and O–H groups in total. The summed E-state index contributed by atoms with van der Waals surface area (Å²) >= 11 is 0. The zero-order chi connectivity index (χ0) is 41.0. The Balaban J connectivity index is -0.0000000360. The van der Waals surface area contributed by atoms with Gasteiger partial charge in [0, 0.05) is 327 Å². The van der Waals surface area contributed by atoms with Crippen molar-refractivity contribution in [2.24, 2.45) is 0 Å². The minimum Gasteiger partial charge on any atom is -0.358 e. The van der Waals surface area contributed by atoms with Crippen molar-refractivity contribution >= 4 is 0 Å². The van der Waals surface area contributed by atoms with Crippen LogP contribution in [0.1, 0.15) is 198 Å². The van der Waals surface area contributed by atoms with Crippen molar-refractivity contribution < 1.29 is 327 Å². The summed E-state index contributed by atoms with van der Waals surface area (Å²) in [5.41, 5.74) is 23.5.